The molecule has 1 heterocycles. The number of hydrogen-bond acceptors (Lipinski definition) is 5. The largest absolute Gasteiger partial charge is 0.493 e. The van der Waals surface area contributed by atoms with Crippen LogP contribution in [0.2, 0.25) is 5.02 Å². The van der Waals surface area contributed by atoms with Crippen LogP contribution in [0.5, 0.6) is 5.88 Å². The summed E-state index contributed by atoms with van der Waals surface area (Å²) >= 11 is 9.23. The molecule has 8 nitrogen and oxygen atoms in total. The molecular formula is C22H16BrClN4O4S. The van der Waals surface area contributed by atoms with E-state index in [0.29, 0.717) is 15.9 Å². The standard InChI is InChI=1S/C22H16BrClN4O4S/c23-14-6-11-19-18(12-14)21(22(30)25-19)27-26-20(29)13-28(16-4-2-1-3-5-16)33(31,32)17-9-7-15(24)8-10-17/h1-12,25,30H,13H2. The molecule has 0 radical (unpaired) electrons. The quantitative estimate of drug-likeness (QED) is 0.297. The number of aromatic nitrogens is 1. The van der Waals surface area contributed by atoms with E-state index in [-0.39, 0.29) is 22.2 Å². The van der Waals surface area contributed by atoms with E-state index in [1.165, 1.54) is 24.3 Å². The van der Waals surface area contributed by atoms with Crippen molar-refractivity contribution in [3.63, 3.8) is 0 Å². The number of hydrogen-bond donors (Lipinski definition) is 2. The molecule has 0 unspecified atom stereocenters. The van der Waals surface area contributed by atoms with Crippen LogP contribution in [0.4, 0.5) is 11.4 Å². The third-order valence-electron chi connectivity index (χ3n) is 4.70. The lowest BCUT2D eigenvalue weighted by Crippen LogP contribution is -2.35. The Kier molecular flexibility index (Phi) is 6.50. The molecule has 1 aromatic heterocycles. The lowest BCUT2D eigenvalue weighted by Gasteiger charge is -2.23. The van der Waals surface area contributed by atoms with Gasteiger partial charge in [0.05, 0.1) is 16.1 Å². The number of carbonyl (C=O) groups is 1. The number of aromatic hydroxyl groups is 1. The van der Waals surface area contributed by atoms with Gasteiger partial charge in [-0.2, -0.15) is 0 Å². The summed E-state index contributed by atoms with van der Waals surface area (Å²) in [4.78, 5) is 15.4. The Labute approximate surface area is 202 Å². The first-order valence-corrected chi connectivity index (χ1v) is 12.1. The molecule has 168 valence electrons. The number of aromatic amines is 1. The monoisotopic (exact) mass is 546 g/mol. The Hall–Kier alpha value is -3.21. The van der Waals surface area contributed by atoms with Gasteiger partial charge in [0.2, 0.25) is 5.88 Å². The summed E-state index contributed by atoms with van der Waals surface area (Å²) in [5.41, 5.74) is 0.967. The molecule has 3 aromatic carbocycles. The van der Waals surface area contributed by atoms with Crippen LogP contribution >= 0.6 is 27.5 Å². The molecule has 0 atom stereocenters. The van der Waals surface area contributed by atoms with Crippen molar-refractivity contribution >= 4 is 65.7 Å². The van der Waals surface area contributed by atoms with E-state index in [1.54, 1.807) is 48.5 Å². The third-order valence-corrected chi connectivity index (χ3v) is 7.23. The molecule has 0 saturated carbocycles. The zero-order valence-corrected chi connectivity index (χ0v) is 20.0. The molecule has 11 heteroatoms. The summed E-state index contributed by atoms with van der Waals surface area (Å²) in [7, 11) is -4.10. The number of fused-ring (bicyclic) bond motifs is 1. The second-order valence-corrected chi connectivity index (χ2v) is 10.1. The number of carbonyl (C=O) groups excluding carboxylic acids is 1. The first-order chi connectivity index (χ1) is 15.8. The molecule has 4 rings (SSSR count). The number of rotatable bonds is 6. The number of anilines is 1. The zero-order valence-electron chi connectivity index (χ0n) is 16.8. The van der Waals surface area contributed by atoms with Gasteiger partial charge in [0.25, 0.3) is 15.9 Å². The number of amides is 1. The minimum atomic E-state index is -4.10. The maximum atomic E-state index is 13.3. The summed E-state index contributed by atoms with van der Waals surface area (Å²) < 4.78 is 28.3. The number of halogens is 2. The van der Waals surface area contributed by atoms with Gasteiger partial charge in [-0.1, -0.05) is 45.7 Å². The Bertz CT molecular complexity index is 1460. The number of para-hydroxylation sites is 1. The van der Waals surface area contributed by atoms with E-state index < -0.39 is 22.5 Å². The molecule has 0 spiro atoms. The summed E-state index contributed by atoms with van der Waals surface area (Å²) in [6.45, 7) is -0.592. The number of H-pyrrole nitrogens is 1. The summed E-state index contributed by atoms with van der Waals surface area (Å²) in [5.74, 6) is -1.08. The minimum absolute atomic E-state index is 0.0281. The van der Waals surface area contributed by atoms with Crippen molar-refractivity contribution in [1.82, 2.24) is 4.98 Å². The maximum absolute atomic E-state index is 13.3. The molecule has 0 bridgehead atoms. The smallest absolute Gasteiger partial charge is 0.285 e. The van der Waals surface area contributed by atoms with Gasteiger partial charge in [0, 0.05) is 14.9 Å². The average Bonchev–Trinajstić information content (AvgIpc) is 3.11. The fourth-order valence-electron chi connectivity index (χ4n) is 3.14. The highest BCUT2D eigenvalue weighted by Gasteiger charge is 2.27. The van der Waals surface area contributed by atoms with Crippen molar-refractivity contribution in [1.29, 1.82) is 0 Å². The first-order valence-electron chi connectivity index (χ1n) is 9.54. The normalized spacial score (nSPS) is 11.8. The molecular weight excluding hydrogens is 532 g/mol. The fourth-order valence-corrected chi connectivity index (χ4v) is 5.04. The second kappa shape index (κ2) is 9.34. The molecule has 4 aromatic rings. The molecule has 0 aliphatic carbocycles. The minimum Gasteiger partial charge on any atom is -0.493 e. The van der Waals surface area contributed by atoms with E-state index in [1.807, 2.05) is 0 Å². The average molecular weight is 548 g/mol. The van der Waals surface area contributed by atoms with Crippen LogP contribution in [0.25, 0.3) is 10.9 Å². The van der Waals surface area contributed by atoms with Gasteiger partial charge < -0.3 is 10.1 Å². The zero-order chi connectivity index (χ0) is 23.6. The topological polar surface area (TPSA) is 115 Å². The number of benzene rings is 3. The lowest BCUT2D eigenvalue weighted by molar-refractivity contribution is -0.116. The van der Waals surface area contributed by atoms with Gasteiger partial charge in [-0.3, -0.25) is 9.10 Å². The van der Waals surface area contributed by atoms with E-state index in [4.69, 9.17) is 11.6 Å². The molecule has 0 fully saturated rings. The predicted molar refractivity (Wildman–Crippen MR) is 130 cm³/mol. The summed E-state index contributed by atoms with van der Waals surface area (Å²) in [5, 5.41) is 18.6. The highest BCUT2D eigenvalue weighted by molar-refractivity contribution is 9.10. The first kappa shape index (κ1) is 23.0. The van der Waals surface area contributed by atoms with E-state index in [2.05, 4.69) is 31.1 Å². The van der Waals surface area contributed by atoms with Crippen molar-refractivity contribution in [2.45, 2.75) is 4.90 Å². The maximum Gasteiger partial charge on any atom is 0.285 e. The van der Waals surface area contributed by atoms with Crippen LogP contribution in [0.15, 0.2) is 92.4 Å². The molecule has 0 saturated heterocycles. The van der Waals surface area contributed by atoms with Gasteiger partial charge >= 0.3 is 0 Å². The van der Waals surface area contributed by atoms with Gasteiger partial charge in [-0.05, 0) is 54.6 Å². The van der Waals surface area contributed by atoms with Gasteiger partial charge in [0.1, 0.15) is 6.54 Å². The van der Waals surface area contributed by atoms with Crippen molar-refractivity contribution in [2.24, 2.45) is 10.2 Å². The fraction of sp³-hybridized carbons (Fsp3) is 0.0455. The third kappa shape index (κ3) is 4.92. The molecule has 1 amide bonds. The van der Waals surface area contributed by atoms with Crippen molar-refractivity contribution in [3.05, 3.63) is 82.3 Å². The van der Waals surface area contributed by atoms with E-state index in [0.717, 1.165) is 8.78 Å². The van der Waals surface area contributed by atoms with Crippen LogP contribution in [0, 0.1) is 0 Å². The van der Waals surface area contributed by atoms with Crippen LogP contribution < -0.4 is 4.31 Å². The number of azo groups is 1. The summed E-state index contributed by atoms with van der Waals surface area (Å²) in [6.07, 6.45) is 0. The molecule has 0 aliphatic rings. The lowest BCUT2D eigenvalue weighted by atomic mass is 10.2. The number of nitrogens with zero attached hydrogens (tertiary/aromatic N) is 3. The van der Waals surface area contributed by atoms with Crippen molar-refractivity contribution in [2.75, 3.05) is 10.8 Å². The Morgan fingerprint density at radius 1 is 1.06 bits per heavy atom. The molecule has 2 N–H and O–H groups in total. The Morgan fingerprint density at radius 3 is 2.45 bits per heavy atom. The molecule has 0 aliphatic heterocycles. The van der Waals surface area contributed by atoms with E-state index in [9.17, 15) is 18.3 Å². The van der Waals surface area contributed by atoms with Gasteiger partial charge in [-0.25, -0.2) is 8.42 Å². The highest BCUT2D eigenvalue weighted by atomic mass is 79.9. The number of sulfonamides is 1. The van der Waals surface area contributed by atoms with Crippen LogP contribution in [-0.2, 0) is 14.8 Å². The second-order valence-electron chi connectivity index (χ2n) is 6.91. The van der Waals surface area contributed by atoms with E-state index >= 15 is 0 Å². The van der Waals surface area contributed by atoms with Crippen molar-refractivity contribution < 1.29 is 18.3 Å². The van der Waals surface area contributed by atoms with Crippen molar-refractivity contribution in [3.8, 4) is 5.88 Å². The summed E-state index contributed by atoms with van der Waals surface area (Å²) in [6, 6.07) is 19.1. The van der Waals surface area contributed by atoms with Crippen LogP contribution in [-0.4, -0.2) is 31.0 Å². The number of nitrogens with one attached hydrogen (secondary N) is 1. The Morgan fingerprint density at radius 2 is 1.76 bits per heavy atom. The highest BCUT2D eigenvalue weighted by Crippen LogP contribution is 2.37. The van der Waals surface area contributed by atoms with Gasteiger partial charge in [-0.15, -0.1) is 10.2 Å². The SMILES string of the molecule is O=C(CN(c1ccccc1)S(=O)(=O)c1ccc(Cl)cc1)N=Nc1c(O)[nH]c2ccc(Br)cc12. The molecule has 33 heavy (non-hydrogen) atoms. The van der Waals surface area contributed by atoms with Gasteiger partial charge in [0.15, 0.2) is 5.69 Å². The van der Waals surface area contributed by atoms with Crippen LogP contribution in [0.3, 0.4) is 0 Å². The van der Waals surface area contributed by atoms with Crippen LogP contribution in [0.1, 0.15) is 0 Å². The Balaban J connectivity index is 1.66. The predicted octanol–water partition coefficient (Wildman–Crippen LogP) is 5.80.